The molecule has 0 aromatic carbocycles. The molecule has 2 N–H and O–H groups in total. The Hall–Kier alpha value is -0.830. The first-order chi connectivity index (χ1) is 6.02. The average molecular weight is 184 g/mol. The predicted molar refractivity (Wildman–Crippen MR) is 49.4 cm³/mol. The van der Waals surface area contributed by atoms with Gasteiger partial charge in [0.25, 0.3) is 0 Å². The molecule has 13 heavy (non-hydrogen) atoms. The third-order valence-corrected chi connectivity index (χ3v) is 2.94. The maximum atomic E-state index is 10.9. The second-order valence-electron chi connectivity index (χ2n) is 3.65. The molecule has 0 heterocycles. The van der Waals surface area contributed by atoms with Gasteiger partial charge in [-0.3, -0.25) is 4.79 Å². The summed E-state index contributed by atoms with van der Waals surface area (Å²) in [6, 6.07) is 0. The molecule has 1 aliphatic carbocycles. The summed E-state index contributed by atoms with van der Waals surface area (Å²) < 4.78 is 0. The number of allylic oxidation sites excluding steroid dienone is 1. The number of carbonyl (C=O) groups is 1. The van der Waals surface area contributed by atoms with E-state index in [4.69, 9.17) is 5.11 Å². The number of aliphatic carboxylic acids is 1. The van der Waals surface area contributed by atoms with E-state index in [2.05, 4.69) is 0 Å². The lowest BCUT2D eigenvalue weighted by Crippen LogP contribution is -2.41. The first kappa shape index (κ1) is 10.3. The second-order valence-corrected chi connectivity index (χ2v) is 3.65. The average Bonchev–Trinajstić information content (AvgIpc) is 2.33. The number of carboxylic acids is 1. The predicted octanol–water partition coefficient (Wildman–Crippen LogP) is 1.57. The minimum absolute atomic E-state index is 0.469. The lowest BCUT2D eigenvalue weighted by molar-refractivity contribution is -0.149. The monoisotopic (exact) mass is 184 g/mol. The molecule has 0 bridgehead atoms. The zero-order valence-corrected chi connectivity index (χ0v) is 8.08. The largest absolute Gasteiger partial charge is 0.481 e. The van der Waals surface area contributed by atoms with Crippen LogP contribution in [0, 0.1) is 5.92 Å². The maximum absolute atomic E-state index is 10.9. The smallest absolute Gasteiger partial charge is 0.309 e. The van der Waals surface area contributed by atoms with Crippen LogP contribution in [-0.4, -0.2) is 21.8 Å². The molecule has 0 amide bonds. The van der Waals surface area contributed by atoms with Gasteiger partial charge < -0.3 is 10.2 Å². The van der Waals surface area contributed by atoms with Crippen LogP contribution in [0.15, 0.2) is 11.6 Å². The number of rotatable bonds is 3. The maximum Gasteiger partial charge on any atom is 0.309 e. The Labute approximate surface area is 78.1 Å². The molecule has 3 nitrogen and oxygen atoms in total. The van der Waals surface area contributed by atoms with E-state index in [9.17, 15) is 9.90 Å². The van der Waals surface area contributed by atoms with Crippen LogP contribution in [0.5, 0.6) is 0 Å². The molecule has 0 aromatic heterocycles. The van der Waals surface area contributed by atoms with Crippen LogP contribution >= 0.6 is 0 Å². The van der Waals surface area contributed by atoms with Gasteiger partial charge in [-0.05, 0) is 31.8 Å². The molecular formula is C10H16O3. The van der Waals surface area contributed by atoms with Gasteiger partial charge in [-0.1, -0.05) is 13.0 Å². The number of hydrogen-bond acceptors (Lipinski definition) is 2. The Balaban J connectivity index is 2.90. The van der Waals surface area contributed by atoms with Crippen molar-refractivity contribution in [2.75, 3.05) is 0 Å². The number of carboxylic acid groups (broad SMARTS) is 1. The van der Waals surface area contributed by atoms with Crippen LogP contribution in [0.1, 0.15) is 33.1 Å². The highest BCUT2D eigenvalue weighted by Crippen LogP contribution is 2.38. The summed E-state index contributed by atoms with van der Waals surface area (Å²) in [6.07, 6.45) is 3.72. The Morgan fingerprint density at radius 3 is 2.69 bits per heavy atom. The van der Waals surface area contributed by atoms with E-state index in [1.807, 2.05) is 6.08 Å². The molecule has 0 fully saturated rings. The fraction of sp³-hybridized carbons (Fsp3) is 0.700. The molecule has 0 radical (unpaired) electrons. The molecule has 0 saturated heterocycles. The highest BCUT2D eigenvalue weighted by Gasteiger charge is 2.43. The van der Waals surface area contributed by atoms with Crippen molar-refractivity contribution in [1.82, 2.24) is 0 Å². The third-order valence-electron chi connectivity index (χ3n) is 2.94. The van der Waals surface area contributed by atoms with Crippen molar-refractivity contribution in [2.45, 2.75) is 38.7 Å². The molecule has 0 aliphatic heterocycles. The standard InChI is InChI=1S/C10H16O3/c1-3-8(9(11)12)10(13)6-4-5-7(10)2/h5,8,13H,3-4,6H2,1-2H3,(H,11,12). The summed E-state index contributed by atoms with van der Waals surface area (Å²) in [5, 5.41) is 19.1. The van der Waals surface area contributed by atoms with Crippen LogP contribution in [-0.2, 0) is 4.79 Å². The lowest BCUT2D eigenvalue weighted by Gasteiger charge is -2.30. The first-order valence-corrected chi connectivity index (χ1v) is 4.64. The Morgan fingerprint density at radius 2 is 2.38 bits per heavy atom. The normalized spacial score (nSPS) is 29.9. The van der Waals surface area contributed by atoms with E-state index >= 15 is 0 Å². The van der Waals surface area contributed by atoms with Gasteiger partial charge in [0.05, 0.1) is 11.5 Å². The summed E-state index contributed by atoms with van der Waals surface area (Å²) in [7, 11) is 0. The van der Waals surface area contributed by atoms with Crippen LogP contribution in [0.3, 0.4) is 0 Å². The summed E-state index contributed by atoms with van der Waals surface area (Å²) in [5.41, 5.74) is -0.289. The fourth-order valence-electron chi connectivity index (χ4n) is 2.05. The molecular weight excluding hydrogens is 168 g/mol. The lowest BCUT2D eigenvalue weighted by atomic mass is 9.81. The van der Waals surface area contributed by atoms with Crippen molar-refractivity contribution in [3.8, 4) is 0 Å². The molecule has 3 heteroatoms. The van der Waals surface area contributed by atoms with E-state index in [1.165, 1.54) is 0 Å². The summed E-state index contributed by atoms with van der Waals surface area (Å²) in [5.74, 6) is -1.56. The van der Waals surface area contributed by atoms with Gasteiger partial charge in [0.15, 0.2) is 0 Å². The zero-order valence-electron chi connectivity index (χ0n) is 8.08. The van der Waals surface area contributed by atoms with Crippen molar-refractivity contribution in [3.63, 3.8) is 0 Å². The highest BCUT2D eigenvalue weighted by atomic mass is 16.4. The molecule has 0 saturated carbocycles. The molecule has 1 aliphatic rings. The van der Waals surface area contributed by atoms with Crippen LogP contribution in [0.2, 0.25) is 0 Å². The van der Waals surface area contributed by atoms with E-state index in [1.54, 1.807) is 13.8 Å². The molecule has 1 rings (SSSR count). The Morgan fingerprint density at radius 1 is 1.77 bits per heavy atom. The van der Waals surface area contributed by atoms with E-state index < -0.39 is 17.5 Å². The van der Waals surface area contributed by atoms with Gasteiger partial charge >= 0.3 is 5.97 Å². The Bertz CT molecular complexity index is 245. The molecule has 74 valence electrons. The summed E-state index contributed by atoms with van der Waals surface area (Å²) in [6.45, 7) is 3.60. The van der Waals surface area contributed by atoms with E-state index in [0.29, 0.717) is 12.8 Å². The summed E-state index contributed by atoms with van der Waals surface area (Å²) in [4.78, 5) is 10.9. The SMILES string of the molecule is CCC(C(=O)O)C1(O)CCC=C1C. The van der Waals surface area contributed by atoms with Crippen LogP contribution < -0.4 is 0 Å². The van der Waals surface area contributed by atoms with Gasteiger partial charge in [-0.25, -0.2) is 0 Å². The van der Waals surface area contributed by atoms with Crippen LogP contribution in [0.25, 0.3) is 0 Å². The minimum Gasteiger partial charge on any atom is -0.481 e. The third kappa shape index (κ3) is 1.61. The van der Waals surface area contributed by atoms with Crippen molar-refractivity contribution >= 4 is 5.97 Å². The Kier molecular flexibility index (Phi) is 2.76. The molecule has 2 unspecified atom stereocenters. The van der Waals surface area contributed by atoms with Crippen molar-refractivity contribution < 1.29 is 15.0 Å². The first-order valence-electron chi connectivity index (χ1n) is 4.64. The number of aliphatic hydroxyl groups is 1. The van der Waals surface area contributed by atoms with Gasteiger partial charge in [0.2, 0.25) is 0 Å². The summed E-state index contributed by atoms with van der Waals surface area (Å²) >= 11 is 0. The van der Waals surface area contributed by atoms with Gasteiger partial charge in [0.1, 0.15) is 0 Å². The van der Waals surface area contributed by atoms with E-state index in [-0.39, 0.29) is 0 Å². The number of hydrogen-bond donors (Lipinski definition) is 2. The minimum atomic E-state index is -1.10. The quantitative estimate of drug-likeness (QED) is 0.654. The fourth-order valence-corrected chi connectivity index (χ4v) is 2.05. The molecule has 0 aromatic rings. The van der Waals surface area contributed by atoms with E-state index in [0.717, 1.165) is 12.0 Å². The van der Waals surface area contributed by atoms with Gasteiger partial charge in [-0.2, -0.15) is 0 Å². The topological polar surface area (TPSA) is 57.5 Å². The second kappa shape index (κ2) is 3.50. The molecule has 2 atom stereocenters. The molecule has 0 spiro atoms. The van der Waals surface area contributed by atoms with Crippen molar-refractivity contribution in [2.24, 2.45) is 5.92 Å². The van der Waals surface area contributed by atoms with Gasteiger partial charge in [0, 0.05) is 0 Å². The highest BCUT2D eigenvalue weighted by molar-refractivity contribution is 5.72. The van der Waals surface area contributed by atoms with Crippen molar-refractivity contribution in [3.05, 3.63) is 11.6 Å². The zero-order chi connectivity index (χ0) is 10.1. The van der Waals surface area contributed by atoms with Gasteiger partial charge in [-0.15, -0.1) is 0 Å². The van der Waals surface area contributed by atoms with Crippen LogP contribution in [0.4, 0.5) is 0 Å². The van der Waals surface area contributed by atoms with Crippen molar-refractivity contribution in [1.29, 1.82) is 0 Å².